The summed E-state index contributed by atoms with van der Waals surface area (Å²) in [6, 6.07) is 23.0. The molecule has 10 heteroatoms. The predicted octanol–water partition coefficient (Wildman–Crippen LogP) is 6.44. The number of benzene rings is 3. The zero-order chi connectivity index (χ0) is 23.5. The second-order valence-electron chi connectivity index (χ2n) is 6.80. The second kappa shape index (κ2) is 12.5. The molecule has 0 amide bonds. The third kappa shape index (κ3) is 7.27. The van der Waals surface area contributed by atoms with Gasteiger partial charge in [0.15, 0.2) is 0 Å². The van der Waals surface area contributed by atoms with E-state index < -0.39 is 4.92 Å². The molecule has 0 bridgehead atoms. The summed E-state index contributed by atoms with van der Waals surface area (Å²) in [6.07, 6.45) is 0. The Labute approximate surface area is 201 Å². The van der Waals surface area contributed by atoms with Crippen LogP contribution in [0.5, 0.6) is 0 Å². The Morgan fingerprint density at radius 1 is 0.909 bits per heavy atom. The molecular formula is C23H22Cl2N6O2. The lowest BCUT2D eigenvalue weighted by atomic mass is 10.2. The summed E-state index contributed by atoms with van der Waals surface area (Å²) in [5.74, 6) is 1.40. The first kappa shape index (κ1) is 24.2. The lowest BCUT2D eigenvalue weighted by Gasteiger charge is -2.22. The molecule has 3 aromatic carbocycles. The summed E-state index contributed by atoms with van der Waals surface area (Å²) >= 11 is 11.8. The number of hydrogen-bond acceptors (Lipinski definition) is 6. The number of nitro benzene ring substituents is 1. The SMILES string of the molecule is O=[N+]([O-])c1ccc(N=N/C(=N/Nc2ccc(N(CCCl)CCCl)cc2)c2ccccc2)cc1. The van der Waals surface area contributed by atoms with E-state index in [1.165, 1.54) is 24.3 Å². The van der Waals surface area contributed by atoms with Crippen LogP contribution >= 0.6 is 23.2 Å². The highest BCUT2D eigenvalue weighted by Gasteiger charge is 2.07. The monoisotopic (exact) mass is 484 g/mol. The van der Waals surface area contributed by atoms with Crippen molar-refractivity contribution in [1.29, 1.82) is 0 Å². The van der Waals surface area contributed by atoms with Gasteiger partial charge >= 0.3 is 0 Å². The summed E-state index contributed by atoms with van der Waals surface area (Å²) in [5, 5.41) is 23.7. The third-order valence-corrected chi connectivity index (χ3v) is 4.92. The fraction of sp³-hybridized carbons (Fsp3) is 0.174. The second-order valence-corrected chi connectivity index (χ2v) is 7.55. The maximum Gasteiger partial charge on any atom is 0.269 e. The van der Waals surface area contributed by atoms with E-state index in [0.717, 1.165) is 16.9 Å². The molecule has 0 unspecified atom stereocenters. The van der Waals surface area contributed by atoms with Gasteiger partial charge in [0.1, 0.15) is 0 Å². The van der Waals surface area contributed by atoms with Gasteiger partial charge in [-0.25, -0.2) is 0 Å². The van der Waals surface area contributed by atoms with Crippen LogP contribution in [0.25, 0.3) is 0 Å². The van der Waals surface area contributed by atoms with Crippen molar-refractivity contribution in [1.82, 2.24) is 0 Å². The normalized spacial score (nSPS) is 11.5. The largest absolute Gasteiger partial charge is 0.369 e. The van der Waals surface area contributed by atoms with Crippen molar-refractivity contribution in [2.75, 3.05) is 35.2 Å². The average Bonchev–Trinajstić information content (AvgIpc) is 2.85. The van der Waals surface area contributed by atoms with Crippen LogP contribution in [0.2, 0.25) is 0 Å². The fourth-order valence-electron chi connectivity index (χ4n) is 2.92. The van der Waals surface area contributed by atoms with Crippen molar-refractivity contribution in [2.24, 2.45) is 15.3 Å². The van der Waals surface area contributed by atoms with Gasteiger partial charge in [-0.2, -0.15) is 5.10 Å². The van der Waals surface area contributed by atoms with Crippen molar-refractivity contribution >= 4 is 51.8 Å². The summed E-state index contributed by atoms with van der Waals surface area (Å²) < 4.78 is 0. The van der Waals surface area contributed by atoms with Crippen molar-refractivity contribution < 1.29 is 4.92 Å². The van der Waals surface area contributed by atoms with Crippen LogP contribution < -0.4 is 10.3 Å². The van der Waals surface area contributed by atoms with E-state index in [4.69, 9.17) is 23.2 Å². The molecule has 0 aromatic heterocycles. The van der Waals surface area contributed by atoms with Crippen LogP contribution in [0, 0.1) is 10.1 Å². The van der Waals surface area contributed by atoms with E-state index in [9.17, 15) is 10.1 Å². The van der Waals surface area contributed by atoms with E-state index >= 15 is 0 Å². The Hall–Kier alpha value is -3.49. The van der Waals surface area contributed by atoms with Gasteiger partial charge in [-0.15, -0.1) is 33.4 Å². The van der Waals surface area contributed by atoms with E-state index in [2.05, 4.69) is 25.7 Å². The predicted molar refractivity (Wildman–Crippen MR) is 134 cm³/mol. The quantitative estimate of drug-likeness (QED) is 0.0893. The van der Waals surface area contributed by atoms with Gasteiger partial charge in [0.2, 0.25) is 5.84 Å². The maximum absolute atomic E-state index is 10.8. The molecule has 0 aliphatic carbocycles. The standard InChI is InChI=1S/C23H22Cl2N6O2/c24-14-16-30(17-15-25)21-10-6-19(7-11-21)26-28-23(18-4-2-1-3-5-18)29-27-20-8-12-22(13-9-20)31(32)33/h1-13,26H,14-17H2/b28-23+,29-27?. The molecule has 8 nitrogen and oxygen atoms in total. The molecular weight excluding hydrogens is 463 g/mol. The molecule has 0 aliphatic rings. The smallest absolute Gasteiger partial charge is 0.269 e. The van der Waals surface area contributed by atoms with Crippen molar-refractivity contribution in [3.8, 4) is 0 Å². The molecule has 0 atom stereocenters. The van der Waals surface area contributed by atoms with Crippen LogP contribution in [-0.2, 0) is 0 Å². The number of non-ortho nitro benzene ring substituents is 1. The molecule has 1 N–H and O–H groups in total. The van der Waals surface area contributed by atoms with Crippen LogP contribution in [0.15, 0.2) is 94.2 Å². The Kier molecular flexibility index (Phi) is 9.17. The van der Waals surface area contributed by atoms with Gasteiger partial charge in [0.05, 0.1) is 16.3 Å². The Morgan fingerprint density at radius 2 is 1.55 bits per heavy atom. The molecule has 0 saturated carbocycles. The van der Waals surface area contributed by atoms with Crippen LogP contribution in [-0.4, -0.2) is 35.6 Å². The summed E-state index contributed by atoms with van der Waals surface area (Å²) in [7, 11) is 0. The van der Waals surface area contributed by atoms with Gasteiger partial charge < -0.3 is 4.90 Å². The molecule has 0 radical (unpaired) electrons. The highest BCUT2D eigenvalue weighted by atomic mass is 35.5. The summed E-state index contributed by atoms with van der Waals surface area (Å²) in [4.78, 5) is 12.5. The van der Waals surface area contributed by atoms with Crippen molar-refractivity contribution in [2.45, 2.75) is 0 Å². The highest BCUT2D eigenvalue weighted by Crippen LogP contribution is 2.20. The minimum atomic E-state index is -0.461. The number of nitrogens with zero attached hydrogens (tertiary/aromatic N) is 5. The van der Waals surface area contributed by atoms with Gasteiger partial charge in [-0.1, -0.05) is 30.3 Å². The van der Waals surface area contributed by atoms with Gasteiger partial charge in [-0.05, 0) is 36.4 Å². The molecule has 0 saturated heterocycles. The molecule has 3 rings (SSSR count). The zero-order valence-corrected chi connectivity index (χ0v) is 19.2. The highest BCUT2D eigenvalue weighted by molar-refractivity contribution is 6.18. The number of alkyl halides is 2. The minimum absolute atomic E-state index is 0.00771. The lowest BCUT2D eigenvalue weighted by molar-refractivity contribution is -0.384. The number of nitrogens with one attached hydrogen (secondary N) is 1. The van der Waals surface area contributed by atoms with Gasteiger partial charge in [-0.3, -0.25) is 15.5 Å². The summed E-state index contributed by atoms with van der Waals surface area (Å²) in [5.41, 5.74) is 6.04. The molecule has 33 heavy (non-hydrogen) atoms. The zero-order valence-electron chi connectivity index (χ0n) is 17.6. The first-order valence-electron chi connectivity index (χ1n) is 10.1. The molecule has 3 aromatic rings. The molecule has 0 spiro atoms. The number of azo groups is 1. The Bertz CT molecular complexity index is 1080. The van der Waals surface area contributed by atoms with E-state index in [-0.39, 0.29) is 5.69 Å². The topological polar surface area (TPSA) is 95.5 Å². The van der Waals surface area contributed by atoms with Crippen LogP contribution in [0.1, 0.15) is 5.56 Å². The minimum Gasteiger partial charge on any atom is -0.369 e. The Morgan fingerprint density at radius 3 is 2.12 bits per heavy atom. The van der Waals surface area contributed by atoms with Crippen LogP contribution in [0.4, 0.5) is 22.7 Å². The number of rotatable bonds is 10. The number of amidine groups is 1. The fourth-order valence-corrected chi connectivity index (χ4v) is 3.32. The first-order chi connectivity index (χ1) is 16.1. The molecule has 0 heterocycles. The van der Waals surface area contributed by atoms with Crippen LogP contribution in [0.3, 0.4) is 0 Å². The molecule has 0 aliphatic heterocycles. The summed E-state index contributed by atoms with van der Waals surface area (Å²) in [6.45, 7) is 1.42. The average molecular weight is 485 g/mol. The molecule has 170 valence electrons. The number of nitro groups is 1. The van der Waals surface area contributed by atoms with E-state index in [1.807, 2.05) is 54.6 Å². The Balaban J connectivity index is 1.78. The molecule has 0 fully saturated rings. The number of halogens is 2. The van der Waals surface area contributed by atoms with Gasteiger partial charge in [0, 0.05) is 48.2 Å². The van der Waals surface area contributed by atoms with E-state index in [1.54, 1.807) is 0 Å². The first-order valence-corrected chi connectivity index (χ1v) is 11.2. The maximum atomic E-state index is 10.8. The van der Waals surface area contributed by atoms with Gasteiger partial charge in [0.25, 0.3) is 5.69 Å². The number of hydrogen-bond donors (Lipinski definition) is 1. The third-order valence-electron chi connectivity index (χ3n) is 4.58. The van der Waals surface area contributed by atoms with Crippen molar-refractivity contribution in [3.63, 3.8) is 0 Å². The van der Waals surface area contributed by atoms with E-state index in [0.29, 0.717) is 36.4 Å². The lowest BCUT2D eigenvalue weighted by Crippen LogP contribution is -2.27. The number of anilines is 2. The number of hydrazone groups is 1. The van der Waals surface area contributed by atoms with Crippen molar-refractivity contribution in [3.05, 3.63) is 94.5 Å².